The molecule has 3 rings (SSSR count). The van der Waals surface area contributed by atoms with E-state index in [1.54, 1.807) is 19.4 Å². The third-order valence-electron chi connectivity index (χ3n) is 3.69. The average molecular weight is 310 g/mol. The first-order chi connectivity index (χ1) is 11.2. The largest absolute Gasteiger partial charge is 0.361 e. The zero-order valence-corrected chi connectivity index (χ0v) is 13.1. The van der Waals surface area contributed by atoms with Crippen LogP contribution in [0.5, 0.6) is 0 Å². The molecule has 1 amide bonds. The molecule has 2 aromatic heterocycles. The Hall–Kier alpha value is -2.89. The number of carbonyl (C=O) groups is 1. The molecule has 0 saturated heterocycles. The summed E-state index contributed by atoms with van der Waals surface area (Å²) in [6.45, 7) is 4.15. The fourth-order valence-corrected chi connectivity index (χ4v) is 2.42. The summed E-state index contributed by atoms with van der Waals surface area (Å²) < 4.78 is 7.02. The van der Waals surface area contributed by atoms with Crippen molar-refractivity contribution in [1.29, 1.82) is 0 Å². The summed E-state index contributed by atoms with van der Waals surface area (Å²) in [4.78, 5) is 16.3. The smallest absolute Gasteiger partial charge is 0.257 e. The molecular weight excluding hydrogens is 292 g/mol. The van der Waals surface area contributed by atoms with Gasteiger partial charge in [-0.15, -0.1) is 0 Å². The Morgan fingerprint density at radius 1 is 1.30 bits per heavy atom. The normalized spacial score (nSPS) is 10.7. The Bertz CT molecular complexity index is 789. The summed E-state index contributed by atoms with van der Waals surface area (Å²) in [5, 5.41) is 6.82. The summed E-state index contributed by atoms with van der Waals surface area (Å²) in [7, 11) is 0. The fraction of sp³-hybridized carbons (Fsp3) is 0.235. The maximum absolute atomic E-state index is 12.3. The molecule has 0 spiro atoms. The topological polar surface area (TPSA) is 73.0 Å². The highest BCUT2D eigenvalue weighted by atomic mass is 16.5. The van der Waals surface area contributed by atoms with Crippen LogP contribution < -0.4 is 5.32 Å². The van der Waals surface area contributed by atoms with Gasteiger partial charge in [0.15, 0.2) is 0 Å². The first-order valence-electron chi connectivity index (χ1n) is 7.49. The zero-order valence-electron chi connectivity index (χ0n) is 13.1. The number of aryl methyl sites for hydroxylation is 2. The highest BCUT2D eigenvalue weighted by molar-refractivity contribution is 5.96. The van der Waals surface area contributed by atoms with Crippen LogP contribution >= 0.6 is 0 Å². The van der Waals surface area contributed by atoms with E-state index < -0.39 is 0 Å². The predicted molar refractivity (Wildman–Crippen MR) is 85.4 cm³/mol. The van der Waals surface area contributed by atoms with Gasteiger partial charge in [0.05, 0.1) is 12.0 Å². The summed E-state index contributed by atoms with van der Waals surface area (Å²) in [5.74, 6) is 0.397. The highest BCUT2D eigenvalue weighted by Crippen LogP contribution is 2.14. The molecule has 6 nitrogen and oxygen atoms in total. The standard InChI is InChI=1S/C17H18N4O2/c1-3-15-16(12(2)23-20-15)17(22)19-10-13-4-6-14(7-5-13)21-9-8-18-11-21/h4-9,11H,3,10H2,1-2H3,(H,19,22). The van der Waals surface area contributed by atoms with Crippen molar-refractivity contribution in [2.45, 2.75) is 26.8 Å². The van der Waals surface area contributed by atoms with Gasteiger partial charge in [-0.25, -0.2) is 4.98 Å². The van der Waals surface area contributed by atoms with Gasteiger partial charge in [-0.1, -0.05) is 24.2 Å². The molecule has 0 atom stereocenters. The number of hydrogen-bond acceptors (Lipinski definition) is 4. The van der Waals surface area contributed by atoms with E-state index in [0.29, 0.717) is 30.0 Å². The maximum atomic E-state index is 12.3. The summed E-state index contributed by atoms with van der Waals surface area (Å²) in [6.07, 6.45) is 6.04. The minimum absolute atomic E-state index is 0.153. The van der Waals surface area contributed by atoms with E-state index in [-0.39, 0.29) is 5.91 Å². The van der Waals surface area contributed by atoms with Crippen molar-refractivity contribution in [2.24, 2.45) is 0 Å². The van der Waals surface area contributed by atoms with E-state index in [4.69, 9.17) is 4.52 Å². The third kappa shape index (κ3) is 3.15. The quantitative estimate of drug-likeness (QED) is 0.786. The molecule has 0 fully saturated rings. The van der Waals surface area contributed by atoms with E-state index in [1.807, 2.05) is 42.0 Å². The minimum atomic E-state index is -0.153. The monoisotopic (exact) mass is 310 g/mol. The van der Waals surface area contributed by atoms with E-state index in [0.717, 1.165) is 11.3 Å². The van der Waals surface area contributed by atoms with Crippen molar-refractivity contribution in [2.75, 3.05) is 0 Å². The molecular formula is C17H18N4O2. The molecule has 118 valence electrons. The lowest BCUT2D eigenvalue weighted by Crippen LogP contribution is -2.24. The molecule has 0 saturated carbocycles. The molecule has 0 bridgehead atoms. The van der Waals surface area contributed by atoms with Gasteiger partial charge in [0.25, 0.3) is 5.91 Å². The summed E-state index contributed by atoms with van der Waals surface area (Å²) >= 11 is 0. The number of nitrogens with one attached hydrogen (secondary N) is 1. The number of amides is 1. The lowest BCUT2D eigenvalue weighted by atomic mass is 10.1. The molecule has 1 aromatic carbocycles. The van der Waals surface area contributed by atoms with Crippen LogP contribution in [-0.2, 0) is 13.0 Å². The van der Waals surface area contributed by atoms with Gasteiger partial charge in [-0.2, -0.15) is 0 Å². The number of carbonyl (C=O) groups excluding carboxylic acids is 1. The Balaban J connectivity index is 1.66. The average Bonchev–Trinajstić information content (AvgIpc) is 3.22. The van der Waals surface area contributed by atoms with Gasteiger partial charge in [0.1, 0.15) is 11.3 Å². The van der Waals surface area contributed by atoms with Gasteiger partial charge in [-0.05, 0) is 31.0 Å². The van der Waals surface area contributed by atoms with E-state index in [1.165, 1.54) is 0 Å². The van der Waals surface area contributed by atoms with E-state index in [2.05, 4.69) is 15.5 Å². The number of aromatic nitrogens is 3. The van der Waals surface area contributed by atoms with E-state index >= 15 is 0 Å². The van der Waals surface area contributed by atoms with Crippen LogP contribution in [0.1, 0.15) is 34.3 Å². The molecule has 1 N–H and O–H groups in total. The predicted octanol–water partition coefficient (Wildman–Crippen LogP) is 2.66. The number of nitrogens with zero attached hydrogens (tertiary/aromatic N) is 3. The highest BCUT2D eigenvalue weighted by Gasteiger charge is 2.18. The van der Waals surface area contributed by atoms with Gasteiger partial charge in [-0.3, -0.25) is 4.79 Å². The SMILES string of the molecule is CCc1noc(C)c1C(=O)NCc1ccc(-n2ccnc2)cc1. The van der Waals surface area contributed by atoms with Crippen LogP contribution in [0.4, 0.5) is 0 Å². The van der Waals surface area contributed by atoms with Crippen LogP contribution in [0.3, 0.4) is 0 Å². The molecule has 0 aliphatic carbocycles. The molecule has 0 radical (unpaired) electrons. The second-order valence-corrected chi connectivity index (χ2v) is 5.23. The molecule has 3 aromatic rings. The van der Waals surface area contributed by atoms with Gasteiger partial charge < -0.3 is 14.4 Å². The molecule has 6 heteroatoms. The van der Waals surface area contributed by atoms with Crippen molar-refractivity contribution in [1.82, 2.24) is 20.0 Å². The number of imidazole rings is 1. The molecule has 2 heterocycles. The van der Waals surface area contributed by atoms with Crippen molar-refractivity contribution >= 4 is 5.91 Å². The number of benzene rings is 1. The van der Waals surface area contributed by atoms with Gasteiger partial charge in [0, 0.05) is 24.6 Å². The van der Waals surface area contributed by atoms with Crippen LogP contribution in [0.2, 0.25) is 0 Å². The minimum Gasteiger partial charge on any atom is -0.361 e. The van der Waals surface area contributed by atoms with Crippen molar-refractivity contribution < 1.29 is 9.32 Å². The van der Waals surface area contributed by atoms with Gasteiger partial charge in [0.2, 0.25) is 0 Å². The van der Waals surface area contributed by atoms with E-state index in [9.17, 15) is 4.79 Å². The summed E-state index contributed by atoms with van der Waals surface area (Å²) in [6, 6.07) is 7.95. The molecule has 0 aliphatic rings. The number of rotatable bonds is 5. The Morgan fingerprint density at radius 2 is 2.09 bits per heavy atom. The lowest BCUT2D eigenvalue weighted by molar-refractivity contribution is 0.0948. The maximum Gasteiger partial charge on any atom is 0.257 e. The fourth-order valence-electron chi connectivity index (χ4n) is 2.42. The molecule has 0 unspecified atom stereocenters. The first-order valence-corrected chi connectivity index (χ1v) is 7.49. The second-order valence-electron chi connectivity index (χ2n) is 5.23. The van der Waals surface area contributed by atoms with Gasteiger partial charge >= 0.3 is 0 Å². The van der Waals surface area contributed by atoms with Crippen molar-refractivity contribution in [3.63, 3.8) is 0 Å². The summed E-state index contributed by atoms with van der Waals surface area (Å²) in [5.41, 5.74) is 3.29. The molecule has 0 aliphatic heterocycles. The van der Waals surface area contributed by atoms with Crippen LogP contribution in [-0.4, -0.2) is 20.6 Å². The lowest BCUT2D eigenvalue weighted by Gasteiger charge is -2.07. The van der Waals surface area contributed by atoms with Crippen molar-refractivity contribution in [3.05, 3.63) is 65.6 Å². The second kappa shape index (κ2) is 6.48. The Kier molecular flexibility index (Phi) is 4.23. The number of hydrogen-bond donors (Lipinski definition) is 1. The Labute approximate surface area is 134 Å². The van der Waals surface area contributed by atoms with Crippen LogP contribution in [0.15, 0.2) is 47.5 Å². The van der Waals surface area contributed by atoms with Crippen LogP contribution in [0, 0.1) is 6.92 Å². The zero-order chi connectivity index (χ0) is 16.2. The molecule has 23 heavy (non-hydrogen) atoms. The van der Waals surface area contributed by atoms with Crippen molar-refractivity contribution in [3.8, 4) is 5.69 Å². The third-order valence-corrected chi connectivity index (χ3v) is 3.69. The first kappa shape index (κ1) is 15.0. The van der Waals surface area contributed by atoms with Crippen LogP contribution in [0.25, 0.3) is 5.69 Å². The Morgan fingerprint density at radius 3 is 2.74 bits per heavy atom.